The molecule has 0 atom stereocenters. The zero-order valence-electron chi connectivity index (χ0n) is 8.95. The molecule has 0 spiro atoms. The van der Waals surface area contributed by atoms with Gasteiger partial charge in [-0.2, -0.15) is 5.10 Å². The van der Waals surface area contributed by atoms with Crippen LogP contribution in [0.25, 0.3) is 0 Å². The maximum absolute atomic E-state index is 4.34. The standard InChI is InChI=1S/C9H15N5.ClH/c1-3-7-6-8(14(2)13-7)12-9-10-4-5-11-9;/h6H,3-5H2,1-2H3,(H2,10,11,12);1H. The molecule has 1 aliphatic rings. The number of halogens is 1. The molecule has 0 saturated carbocycles. The first kappa shape index (κ1) is 11.8. The van der Waals surface area contributed by atoms with E-state index >= 15 is 0 Å². The molecule has 2 heterocycles. The molecule has 0 radical (unpaired) electrons. The molecule has 0 aliphatic carbocycles. The lowest BCUT2D eigenvalue weighted by atomic mass is 10.3. The lowest BCUT2D eigenvalue weighted by molar-refractivity contribution is 0.754. The van der Waals surface area contributed by atoms with E-state index in [9.17, 15) is 0 Å². The van der Waals surface area contributed by atoms with Gasteiger partial charge >= 0.3 is 0 Å². The summed E-state index contributed by atoms with van der Waals surface area (Å²) in [7, 11) is 1.93. The number of guanidine groups is 1. The largest absolute Gasteiger partial charge is 0.354 e. The number of aliphatic imine (C=N–C) groups is 1. The van der Waals surface area contributed by atoms with Gasteiger partial charge in [-0.15, -0.1) is 12.4 Å². The minimum Gasteiger partial charge on any atom is -0.354 e. The second-order valence-corrected chi connectivity index (χ2v) is 3.28. The molecule has 1 aliphatic heterocycles. The van der Waals surface area contributed by atoms with E-state index in [2.05, 4.69) is 27.6 Å². The van der Waals surface area contributed by atoms with Gasteiger partial charge in [0.1, 0.15) is 5.82 Å². The van der Waals surface area contributed by atoms with E-state index in [-0.39, 0.29) is 12.4 Å². The molecular formula is C9H16ClN5. The Bertz CT molecular complexity index is 357. The summed E-state index contributed by atoms with van der Waals surface area (Å²) < 4.78 is 1.83. The van der Waals surface area contributed by atoms with Crippen LogP contribution in [0.4, 0.5) is 5.82 Å². The van der Waals surface area contributed by atoms with Crippen LogP contribution in [-0.2, 0) is 13.5 Å². The van der Waals surface area contributed by atoms with Crippen molar-refractivity contribution < 1.29 is 0 Å². The number of rotatable bonds is 2. The summed E-state index contributed by atoms with van der Waals surface area (Å²) >= 11 is 0. The summed E-state index contributed by atoms with van der Waals surface area (Å²) in [6.07, 6.45) is 0.954. The molecule has 15 heavy (non-hydrogen) atoms. The quantitative estimate of drug-likeness (QED) is 0.788. The van der Waals surface area contributed by atoms with Crippen LogP contribution in [0.2, 0.25) is 0 Å². The van der Waals surface area contributed by atoms with Crippen molar-refractivity contribution in [2.75, 3.05) is 18.4 Å². The van der Waals surface area contributed by atoms with Gasteiger partial charge in [-0.1, -0.05) is 6.92 Å². The smallest absolute Gasteiger partial charge is 0.197 e. The van der Waals surface area contributed by atoms with Crippen LogP contribution < -0.4 is 10.6 Å². The maximum Gasteiger partial charge on any atom is 0.197 e. The summed E-state index contributed by atoms with van der Waals surface area (Å²) in [5, 5.41) is 10.7. The number of nitrogens with one attached hydrogen (secondary N) is 2. The second-order valence-electron chi connectivity index (χ2n) is 3.28. The molecule has 0 unspecified atom stereocenters. The molecule has 0 amide bonds. The zero-order chi connectivity index (χ0) is 9.97. The van der Waals surface area contributed by atoms with Crippen LogP contribution in [-0.4, -0.2) is 28.8 Å². The van der Waals surface area contributed by atoms with Gasteiger partial charge in [0.05, 0.1) is 12.2 Å². The van der Waals surface area contributed by atoms with Gasteiger partial charge in [0.2, 0.25) is 0 Å². The molecule has 0 aromatic carbocycles. The Morgan fingerprint density at radius 2 is 2.40 bits per heavy atom. The number of aryl methyl sites for hydroxylation is 2. The fourth-order valence-electron chi connectivity index (χ4n) is 1.42. The number of hydrogen-bond donors (Lipinski definition) is 2. The molecule has 2 rings (SSSR count). The third-order valence-electron chi connectivity index (χ3n) is 2.21. The van der Waals surface area contributed by atoms with E-state index in [0.717, 1.165) is 37.0 Å². The summed E-state index contributed by atoms with van der Waals surface area (Å²) in [4.78, 5) is 4.26. The Hall–Kier alpha value is -1.23. The van der Waals surface area contributed by atoms with Crippen molar-refractivity contribution in [3.05, 3.63) is 11.8 Å². The van der Waals surface area contributed by atoms with Crippen molar-refractivity contribution in [1.82, 2.24) is 15.1 Å². The van der Waals surface area contributed by atoms with Crippen LogP contribution in [0, 0.1) is 0 Å². The topological polar surface area (TPSA) is 54.2 Å². The van der Waals surface area contributed by atoms with Crippen molar-refractivity contribution >= 4 is 24.2 Å². The third-order valence-corrected chi connectivity index (χ3v) is 2.21. The van der Waals surface area contributed by atoms with E-state index in [0.29, 0.717) is 0 Å². The highest BCUT2D eigenvalue weighted by Crippen LogP contribution is 2.09. The SMILES string of the molecule is CCc1cc(NC2=NCCN2)n(C)n1.Cl. The van der Waals surface area contributed by atoms with Gasteiger partial charge in [-0.05, 0) is 6.42 Å². The monoisotopic (exact) mass is 229 g/mol. The fourth-order valence-corrected chi connectivity index (χ4v) is 1.42. The van der Waals surface area contributed by atoms with Gasteiger partial charge < -0.3 is 10.6 Å². The van der Waals surface area contributed by atoms with Gasteiger partial charge in [0.25, 0.3) is 0 Å². The first-order chi connectivity index (χ1) is 6.79. The van der Waals surface area contributed by atoms with Crippen molar-refractivity contribution in [1.29, 1.82) is 0 Å². The Morgan fingerprint density at radius 3 is 2.93 bits per heavy atom. The van der Waals surface area contributed by atoms with Crippen molar-refractivity contribution in [2.24, 2.45) is 12.0 Å². The molecule has 1 aromatic rings. The number of aromatic nitrogens is 2. The highest BCUT2D eigenvalue weighted by molar-refractivity contribution is 5.93. The van der Waals surface area contributed by atoms with Crippen LogP contribution in [0.1, 0.15) is 12.6 Å². The zero-order valence-corrected chi connectivity index (χ0v) is 9.77. The number of nitrogens with zero attached hydrogens (tertiary/aromatic N) is 3. The van der Waals surface area contributed by atoms with Crippen LogP contribution in [0.3, 0.4) is 0 Å². The summed E-state index contributed by atoms with van der Waals surface area (Å²) in [6, 6.07) is 2.04. The predicted octanol–water partition coefficient (Wildman–Crippen LogP) is 0.775. The Balaban J connectivity index is 0.00000112. The minimum atomic E-state index is 0. The van der Waals surface area contributed by atoms with Gasteiger partial charge in [-0.3, -0.25) is 9.67 Å². The number of anilines is 1. The molecular weight excluding hydrogens is 214 g/mol. The van der Waals surface area contributed by atoms with Crippen LogP contribution in [0.15, 0.2) is 11.1 Å². The van der Waals surface area contributed by atoms with E-state index < -0.39 is 0 Å². The maximum atomic E-state index is 4.34. The molecule has 0 fully saturated rings. The minimum absolute atomic E-state index is 0. The Morgan fingerprint density at radius 1 is 1.60 bits per heavy atom. The van der Waals surface area contributed by atoms with E-state index in [4.69, 9.17) is 0 Å². The molecule has 2 N–H and O–H groups in total. The van der Waals surface area contributed by atoms with E-state index in [1.165, 1.54) is 0 Å². The molecule has 5 nitrogen and oxygen atoms in total. The first-order valence-corrected chi connectivity index (χ1v) is 4.88. The van der Waals surface area contributed by atoms with E-state index in [1.54, 1.807) is 0 Å². The van der Waals surface area contributed by atoms with E-state index in [1.807, 2.05) is 17.8 Å². The molecule has 84 valence electrons. The highest BCUT2D eigenvalue weighted by Gasteiger charge is 2.08. The average Bonchev–Trinajstić information content (AvgIpc) is 2.78. The average molecular weight is 230 g/mol. The van der Waals surface area contributed by atoms with Gasteiger partial charge in [0, 0.05) is 19.7 Å². The molecule has 6 heteroatoms. The summed E-state index contributed by atoms with van der Waals surface area (Å²) in [5.74, 6) is 1.82. The van der Waals surface area contributed by atoms with Crippen LogP contribution >= 0.6 is 12.4 Å². The molecule has 1 aromatic heterocycles. The first-order valence-electron chi connectivity index (χ1n) is 4.88. The van der Waals surface area contributed by atoms with Crippen molar-refractivity contribution in [3.63, 3.8) is 0 Å². The highest BCUT2D eigenvalue weighted by atomic mass is 35.5. The lowest BCUT2D eigenvalue weighted by Gasteiger charge is -2.05. The predicted molar refractivity (Wildman–Crippen MR) is 63.8 cm³/mol. The summed E-state index contributed by atoms with van der Waals surface area (Å²) in [5.41, 5.74) is 1.09. The third kappa shape index (κ3) is 2.62. The molecule has 0 bridgehead atoms. The van der Waals surface area contributed by atoms with Gasteiger partial charge in [0.15, 0.2) is 5.96 Å². The lowest BCUT2D eigenvalue weighted by Crippen LogP contribution is -2.27. The Labute approximate surface area is 95.4 Å². The fraction of sp³-hybridized carbons (Fsp3) is 0.556. The number of hydrogen-bond acceptors (Lipinski definition) is 4. The van der Waals surface area contributed by atoms with Crippen molar-refractivity contribution in [2.45, 2.75) is 13.3 Å². The Kier molecular flexibility index (Phi) is 3.96. The molecule has 0 saturated heterocycles. The van der Waals surface area contributed by atoms with Crippen molar-refractivity contribution in [3.8, 4) is 0 Å². The van der Waals surface area contributed by atoms with Gasteiger partial charge in [-0.25, -0.2) is 0 Å². The normalized spacial score (nSPS) is 14.1. The van der Waals surface area contributed by atoms with Crippen LogP contribution in [0.5, 0.6) is 0 Å². The second kappa shape index (κ2) is 5.02. The summed E-state index contributed by atoms with van der Waals surface area (Å²) in [6.45, 7) is 3.86.